The molecule has 2 aliphatic heterocycles. The number of aliphatic carboxylic acids is 1. The first-order valence-electron chi connectivity index (χ1n) is 6.65. The second-order valence-corrected chi connectivity index (χ2v) is 5.25. The van der Waals surface area contributed by atoms with Crippen LogP contribution in [0.4, 0.5) is 5.69 Å². The van der Waals surface area contributed by atoms with Crippen LogP contribution in [0.5, 0.6) is 0 Å². The number of carbonyl (C=O) groups excluding carboxylic acids is 1. The van der Waals surface area contributed by atoms with Gasteiger partial charge in [-0.2, -0.15) is 0 Å². The maximum absolute atomic E-state index is 12.4. The van der Waals surface area contributed by atoms with Gasteiger partial charge in [-0.1, -0.05) is 0 Å². The summed E-state index contributed by atoms with van der Waals surface area (Å²) in [7, 11) is 0. The summed E-state index contributed by atoms with van der Waals surface area (Å²) >= 11 is 0. The Morgan fingerprint density at radius 1 is 1.35 bits per heavy atom. The molecule has 1 amide bonds. The third-order valence-corrected chi connectivity index (χ3v) is 3.89. The molecule has 1 aromatic rings. The van der Waals surface area contributed by atoms with Crippen molar-refractivity contribution in [3.05, 3.63) is 29.3 Å². The molecule has 1 saturated heterocycles. The van der Waals surface area contributed by atoms with E-state index in [-0.39, 0.29) is 18.9 Å². The van der Waals surface area contributed by atoms with Crippen LogP contribution < -0.4 is 5.32 Å². The normalized spacial score (nSPS) is 24.4. The van der Waals surface area contributed by atoms with Crippen molar-refractivity contribution in [3.63, 3.8) is 0 Å². The van der Waals surface area contributed by atoms with Gasteiger partial charge in [0.2, 0.25) is 0 Å². The smallest absolute Gasteiger partial charge is 0.326 e. The zero-order valence-corrected chi connectivity index (χ0v) is 10.9. The van der Waals surface area contributed by atoms with Gasteiger partial charge in [0.15, 0.2) is 0 Å². The predicted octanol–water partition coefficient (Wildman–Crippen LogP) is 0.315. The van der Waals surface area contributed by atoms with Gasteiger partial charge in [0.05, 0.1) is 6.10 Å². The van der Waals surface area contributed by atoms with E-state index in [4.69, 9.17) is 5.11 Å². The molecule has 3 N–H and O–H groups in total. The molecule has 0 aromatic heterocycles. The van der Waals surface area contributed by atoms with Crippen molar-refractivity contribution in [2.24, 2.45) is 0 Å². The Bertz CT molecular complexity index is 572. The average molecular weight is 276 g/mol. The minimum Gasteiger partial charge on any atom is -0.480 e. The molecule has 1 aromatic carbocycles. The van der Waals surface area contributed by atoms with E-state index in [9.17, 15) is 14.7 Å². The van der Waals surface area contributed by atoms with Crippen molar-refractivity contribution in [2.45, 2.75) is 25.0 Å². The molecule has 6 heteroatoms. The molecule has 106 valence electrons. The predicted molar refractivity (Wildman–Crippen MR) is 71.7 cm³/mol. The molecule has 2 heterocycles. The maximum Gasteiger partial charge on any atom is 0.326 e. The molecule has 2 atom stereocenters. The highest BCUT2D eigenvalue weighted by Gasteiger charge is 2.39. The standard InChI is InChI=1S/C14H16N2O4/c17-10-6-12(14(19)20)16(7-10)13(18)9-1-2-11-8(5-9)3-4-15-11/h1-2,5,10,12,15,17H,3-4,6-7H2,(H,19,20)/t10-,12-/m1/s1. The molecule has 0 unspecified atom stereocenters. The van der Waals surface area contributed by atoms with Crippen molar-refractivity contribution in [2.75, 3.05) is 18.4 Å². The summed E-state index contributed by atoms with van der Waals surface area (Å²) in [6, 6.07) is 4.41. The highest BCUT2D eigenvalue weighted by Crippen LogP contribution is 2.26. The molecule has 0 bridgehead atoms. The fourth-order valence-electron chi connectivity index (χ4n) is 2.88. The first kappa shape index (κ1) is 12.9. The zero-order valence-electron chi connectivity index (χ0n) is 10.9. The third-order valence-electron chi connectivity index (χ3n) is 3.89. The highest BCUT2D eigenvalue weighted by atomic mass is 16.4. The quantitative estimate of drug-likeness (QED) is 0.723. The number of aliphatic hydroxyl groups is 1. The number of likely N-dealkylation sites (tertiary alicyclic amines) is 1. The molecule has 0 aliphatic carbocycles. The zero-order chi connectivity index (χ0) is 14.3. The fourth-order valence-corrected chi connectivity index (χ4v) is 2.88. The van der Waals surface area contributed by atoms with E-state index >= 15 is 0 Å². The number of carbonyl (C=O) groups is 2. The van der Waals surface area contributed by atoms with E-state index in [0.717, 1.165) is 24.2 Å². The number of anilines is 1. The number of nitrogens with zero attached hydrogens (tertiary/aromatic N) is 1. The minimum atomic E-state index is -1.07. The average Bonchev–Trinajstić information content (AvgIpc) is 3.02. The molecule has 0 radical (unpaired) electrons. The molecule has 2 aliphatic rings. The van der Waals surface area contributed by atoms with E-state index in [1.54, 1.807) is 12.1 Å². The molecule has 6 nitrogen and oxygen atoms in total. The van der Waals surface area contributed by atoms with Crippen molar-refractivity contribution < 1.29 is 19.8 Å². The summed E-state index contributed by atoms with van der Waals surface area (Å²) in [4.78, 5) is 24.9. The van der Waals surface area contributed by atoms with Gasteiger partial charge in [-0.25, -0.2) is 4.79 Å². The van der Waals surface area contributed by atoms with Gasteiger partial charge in [-0.05, 0) is 30.2 Å². The number of benzene rings is 1. The van der Waals surface area contributed by atoms with Crippen LogP contribution >= 0.6 is 0 Å². The molecule has 3 rings (SSSR count). The number of nitrogens with one attached hydrogen (secondary N) is 1. The number of carboxylic acid groups (broad SMARTS) is 1. The Balaban J connectivity index is 1.86. The summed E-state index contributed by atoms with van der Waals surface area (Å²) in [6.07, 6.45) is 0.186. The number of carboxylic acids is 1. The summed E-state index contributed by atoms with van der Waals surface area (Å²) < 4.78 is 0. The van der Waals surface area contributed by atoms with Crippen LogP contribution in [-0.2, 0) is 11.2 Å². The number of hydrogen-bond acceptors (Lipinski definition) is 4. The van der Waals surface area contributed by atoms with Gasteiger partial charge in [-0.3, -0.25) is 4.79 Å². The summed E-state index contributed by atoms with van der Waals surface area (Å²) in [5.41, 5.74) is 2.58. The van der Waals surface area contributed by atoms with Crippen molar-refractivity contribution in [1.29, 1.82) is 0 Å². The molecular weight excluding hydrogens is 260 g/mol. The highest BCUT2D eigenvalue weighted by molar-refractivity contribution is 5.97. The lowest BCUT2D eigenvalue weighted by atomic mass is 10.1. The van der Waals surface area contributed by atoms with E-state index in [2.05, 4.69) is 5.32 Å². The van der Waals surface area contributed by atoms with Gasteiger partial charge >= 0.3 is 5.97 Å². The second-order valence-electron chi connectivity index (χ2n) is 5.25. The van der Waals surface area contributed by atoms with Gasteiger partial charge in [0.1, 0.15) is 6.04 Å². The first-order valence-corrected chi connectivity index (χ1v) is 6.65. The number of fused-ring (bicyclic) bond motifs is 1. The number of β-amino-alcohol motifs (C(OH)–C–C–N with tert-alkyl or cyclic N) is 1. The molecule has 0 spiro atoms. The van der Waals surface area contributed by atoms with Crippen LogP contribution in [0.15, 0.2) is 18.2 Å². The van der Waals surface area contributed by atoms with Crippen molar-refractivity contribution >= 4 is 17.6 Å². The van der Waals surface area contributed by atoms with E-state index in [1.165, 1.54) is 4.90 Å². The maximum atomic E-state index is 12.4. The Morgan fingerprint density at radius 3 is 2.90 bits per heavy atom. The molecular formula is C14H16N2O4. The molecule has 1 fully saturated rings. The monoisotopic (exact) mass is 276 g/mol. The fraction of sp³-hybridized carbons (Fsp3) is 0.429. The van der Waals surface area contributed by atoms with Crippen LogP contribution in [-0.4, -0.2) is 52.2 Å². The minimum absolute atomic E-state index is 0.0745. The second kappa shape index (κ2) is 4.79. The van der Waals surface area contributed by atoms with Crippen LogP contribution in [0.25, 0.3) is 0 Å². The lowest BCUT2D eigenvalue weighted by Crippen LogP contribution is -2.40. The van der Waals surface area contributed by atoms with E-state index in [1.807, 2.05) is 6.07 Å². The van der Waals surface area contributed by atoms with Gasteiger partial charge in [-0.15, -0.1) is 0 Å². The SMILES string of the molecule is O=C(O)[C@H]1C[C@@H](O)CN1C(=O)c1ccc2c(c1)CCN2. The Kier molecular flexibility index (Phi) is 3.10. The van der Waals surface area contributed by atoms with Crippen LogP contribution in [0.1, 0.15) is 22.3 Å². The molecule has 20 heavy (non-hydrogen) atoms. The Labute approximate surface area is 116 Å². The van der Waals surface area contributed by atoms with Gasteiger partial charge in [0, 0.05) is 30.8 Å². The number of aliphatic hydroxyl groups excluding tert-OH is 1. The Hall–Kier alpha value is -2.08. The number of hydrogen-bond donors (Lipinski definition) is 3. The first-order chi connectivity index (χ1) is 9.56. The van der Waals surface area contributed by atoms with Crippen LogP contribution in [0, 0.1) is 0 Å². The number of amides is 1. The topological polar surface area (TPSA) is 89.9 Å². The van der Waals surface area contributed by atoms with Crippen LogP contribution in [0.2, 0.25) is 0 Å². The van der Waals surface area contributed by atoms with Gasteiger partial charge in [0.25, 0.3) is 5.91 Å². The summed E-state index contributed by atoms with van der Waals surface area (Å²) in [5, 5.41) is 22.0. The van der Waals surface area contributed by atoms with E-state index in [0.29, 0.717) is 5.56 Å². The number of rotatable bonds is 2. The lowest BCUT2D eigenvalue weighted by molar-refractivity contribution is -0.141. The molecule has 0 saturated carbocycles. The summed E-state index contributed by atoms with van der Waals surface area (Å²) in [6.45, 7) is 0.929. The third kappa shape index (κ3) is 2.12. The van der Waals surface area contributed by atoms with Gasteiger partial charge < -0.3 is 20.4 Å². The summed E-state index contributed by atoms with van der Waals surface area (Å²) in [5.74, 6) is -1.40. The lowest BCUT2D eigenvalue weighted by Gasteiger charge is -2.21. The van der Waals surface area contributed by atoms with Crippen molar-refractivity contribution in [1.82, 2.24) is 4.90 Å². The Morgan fingerprint density at radius 2 is 2.15 bits per heavy atom. The van der Waals surface area contributed by atoms with Crippen LogP contribution in [0.3, 0.4) is 0 Å². The van der Waals surface area contributed by atoms with E-state index < -0.39 is 18.1 Å². The van der Waals surface area contributed by atoms with Crippen molar-refractivity contribution in [3.8, 4) is 0 Å². The largest absolute Gasteiger partial charge is 0.480 e.